The van der Waals surface area contributed by atoms with Gasteiger partial charge in [0, 0.05) is 24.2 Å². The van der Waals surface area contributed by atoms with Gasteiger partial charge in [0.1, 0.15) is 0 Å². The van der Waals surface area contributed by atoms with Gasteiger partial charge in [0.05, 0.1) is 11.5 Å². The van der Waals surface area contributed by atoms with Crippen molar-refractivity contribution in [1.29, 1.82) is 0 Å². The van der Waals surface area contributed by atoms with Gasteiger partial charge in [0.2, 0.25) is 5.91 Å². The fourth-order valence-electron chi connectivity index (χ4n) is 2.98. The molecule has 2 N–H and O–H groups in total. The smallest absolute Gasteiger partial charge is 0.225 e. The van der Waals surface area contributed by atoms with Crippen LogP contribution in [0.2, 0.25) is 0 Å². The summed E-state index contributed by atoms with van der Waals surface area (Å²) in [7, 11) is -2.90. The predicted molar refractivity (Wildman–Crippen MR) is 93.4 cm³/mol. The van der Waals surface area contributed by atoms with Crippen molar-refractivity contribution in [2.75, 3.05) is 16.8 Å². The molecule has 1 aliphatic heterocycles. The summed E-state index contributed by atoms with van der Waals surface area (Å²) >= 11 is 0. The normalized spacial score (nSPS) is 21.3. The molecule has 128 valence electrons. The van der Waals surface area contributed by atoms with Crippen molar-refractivity contribution in [2.45, 2.75) is 51.6 Å². The quantitative estimate of drug-likeness (QED) is 0.834. The van der Waals surface area contributed by atoms with E-state index in [1.807, 2.05) is 31.2 Å². The van der Waals surface area contributed by atoms with Crippen molar-refractivity contribution in [2.24, 2.45) is 0 Å². The van der Waals surface area contributed by atoms with E-state index < -0.39 is 9.84 Å². The van der Waals surface area contributed by atoms with Crippen LogP contribution in [0.15, 0.2) is 24.3 Å². The molecule has 1 amide bonds. The first-order chi connectivity index (χ1) is 10.8. The zero-order chi connectivity index (χ0) is 17.0. The Morgan fingerprint density at radius 2 is 1.96 bits per heavy atom. The van der Waals surface area contributed by atoms with E-state index in [1.54, 1.807) is 0 Å². The van der Waals surface area contributed by atoms with E-state index >= 15 is 0 Å². The lowest BCUT2D eigenvalue weighted by Gasteiger charge is -2.19. The van der Waals surface area contributed by atoms with Crippen molar-refractivity contribution in [3.05, 3.63) is 29.8 Å². The van der Waals surface area contributed by atoms with E-state index in [0.29, 0.717) is 18.8 Å². The number of para-hydroxylation sites is 1. The zero-order valence-electron chi connectivity index (χ0n) is 14.0. The van der Waals surface area contributed by atoms with E-state index in [1.165, 1.54) is 0 Å². The lowest BCUT2D eigenvalue weighted by Crippen LogP contribution is -2.39. The molecule has 0 spiro atoms. The number of sulfone groups is 1. The van der Waals surface area contributed by atoms with Crippen LogP contribution in [0, 0.1) is 0 Å². The average molecular weight is 338 g/mol. The highest BCUT2D eigenvalue weighted by molar-refractivity contribution is 7.91. The predicted octanol–water partition coefficient (Wildman–Crippen LogP) is 2.30. The number of hydrogen-bond donors (Lipinski definition) is 2. The molecule has 1 saturated heterocycles. The largest absolute Gasteiger partial charge is 0.326 e. The first-order valence-corrected chi connectivity index (χ1v) is 9.94. The number of anilines is 1. The highest BCUT2D eigenvalue weighted by atomic mass is 32.2. The number of amides is 1. The number of rotatable bonds is 6. The van der Waals surface area contributed by atoms with Gasteiger partial charge >= 0.3 is 0 Å². The minimum absolute atomic E-state index is 0.0363. The molecule has 0 bridgehead atoms. The van der Waals surface area contributed by atoms with Crippen molar-refractivity contribution in [1.82, 2.24) is 5.32 Å². The lowest BCUT2D eigenvalue weighted by molar-refractivity contribution is -0.116. The standard InChI is InChI=1S/C17H26N2O3S/c1-12(2)15-6-4-5-7-16(15)19-17(20)10-13(3)18-14-8-9-23(21,22)11-14/h4-7,12-14,18H,8-11H2,1-3H3,(H,19,20)/t13-,14-/m0/s1. The third-order valence-corrected chi connectivity index (χ3v) is 5.87. The van der Waals surface area contributed by atoms with Crippen LogP contribution in [-0.4, -0.2) is 37.9 Å². The second-order valence-electron chi connectivity index (χ2n) is 6.66. The first-order valence-electron chi connectivity index (χ1n) is 8.12. The zero-order valence-corrected chi connectivity index (χ0v) is 14.8. The van der Waals surface area contributed by atoms with Crippen molar-refractivity contribution < 1.29 is 13.2 Å². The molecule has 5 nitrogen and oxygen atoms in total. The van der Waals surface area contributed by atoms with Gasteiger partial charge in [-0.25, -0.2) is 8.42 Å². The number of nitrogens with one attached hydrogen (secondary N) is 2. The first kappa shape index (κ1) is 17.9. The Balaban J connectivity index is 1.87. The molecule has 1 aromatic carbocycles. The summed E-state index contributed by atoms with van der Waals surface area (Å²) < 4.78 is 22.9. The van der Waals surface area contributed by atoms with Crippen LogP contribution in [0.1, 0.15) is 45.1 Å². The summed E-state index contributed by atoms with van der Waals surface area (Å²) in [4.78, 5) is 12.2. The summed E-state index contributed by atoms with van der Waals surface area (Å²) in [6.07, 6.45) is 0.952. The van der Waals surface area contributed by atoms with Gasteiger partial charge in [-0.3, -0.25) is 4.79 Å². The monoisotopic (exact) mass is 338 g/mol. The van der Waals surface area contributed by atoms with Crippen LogP contribution in [0.25, 0.3) is 0 Å². The second kappa shape index (κ2) is 7.45. The molecule has 0 aliphatic carbocycles. The maximum atomic E-state index is 12.2. The molecule has 1 aliphatic rings. The third-order valence-electron chi connectivity index (χ3n) is 4.10. The van der Waals surface area contributed by atoms with Crippen molar-refractivity contribution in [3.63, 3.8) is 0 Å². The molecule has 1 fully saturated rings. The summed E-state index contributed by atoms with van der Waals surface area (Å²) in [6, 6.07) is 7.72. The molecule has 6 heteroatoms. The van der Waals surface area contributed by atoms with E-state index in [9.17, 15) is 13.2 Å². The summed E-state index contributed by atoms with van der Waals surface area (Å²) in [6.45, 7) is 6.10. The van der Waals surface area contributed by atoms with E-state index in [-0.39, 0.29) is 29.5 Å². The van der Waals surface area contributed by atoms with Crippen LogP contribution in [-0.2, 0) is 14.6 Å². The SMILES string of the molecule is CC(C)c1ccccc1NC(=O)C[C@H](C)N[C@H]1CCS(=O)(=O)C1. The Bertz CT molecular complexity index is 656. The van der Waals surface area contributed by atoms with Gasteiger partial charge in [-0.05, 0) is 30.9 Å². The van der Waals surface area contributed by atoms with Gasteiger partial charge in [0.25, 0.3) is 0 Å². The van der Waals surface area contributed by atoms with E-state index in [4.69, 9.17) is 0 Å². The van der Waals surface area contributed by atoms with Crippen LogP contribution in [0.5, 0.6) is 0 Å². The fourth-order valence-corrected chi connectivity index (χ4v) is 4.67. The van der Waals surface area contributed by atoms with Gasteiger partial charge in [0.15, 0.2) is 9.84 Å². The number of hydrogen-bond acceptors (Lipinski definition) is 4. The summed E-state index contributed by atoms with van der Waals surface area (Å²) in [5.41, 5.74) is 1.96. The number of carbonyl (C=O) groups is 1. The highest BCUT2D eigenvalue weighted by Crippen LogP contribution is 2.23. The van der Waals surface area contributed by atoms with Gasteiger partial charge in [-0.15, -0.1) is 0 Å². The molecular weight excluding hydrogens is 312 g/mol. The Morgan fingerprint density at radius 1 is 1.26 bits per heavy atom. The highest BCUT2D eigenvalue weighted by Gasteiger charge is 2.28. The average Bonchev–Trinajstić information content (AvgIpc) is 2.77. The molecule has 0 unspecified atom stereocenters. The van der Waals surface area contributed by atoms with E-state index in [2.05, 4.69) is 24.5 Å². The van der Waals surface area contributed by atoms with Crippen molar-refractivity contribution in [3.8, 4) is 0 Å². The minimum Gasteiger partial charge on any atom is -0.326 e. The van der Waals surface area contributed by atoms with Crippen LogP contribution in [0.3, 0.4) is 0 Å². The van der Waals surface area contributed by atoms with Gasteiger partial charge in [-0.2, -0.15) is 0 Å². The lowest BCUT2D eigenvalue weighted by atomic mass is 10.0. The van der Waals surface area contributed by atoms with Crippen LogP contribution >= 0.6 is 0 Å². The molecule has 0 saturated carbocycles. The Labute approximate surface area is 138 Å². The molecule has 1 aromatic rings. The Kier molecular flexibility index (Phi) is 5.81. The van der Waals surface area contributed by atoms with Crippen molar-refractivity contribution >= 4 is 21.4 Å². The molecule has 2 rings (SSSR count). The van der Waals surface area contributed by atoms with Crippen LogP contribution < -0.4 is 10.6 Å². The van der Waals surface area contributed by atoms with Gasteiger partial charge < -0.3 is 10.6 Å². The summed E-state index contributed by atoms with van der Waals surface area (Å²) in [5.74, 6) is 0.699. The third kappa shape index (κ3) is 5.32. The van der Waals surface area contributed by atoms with E-state index in [0.717, 1.165) is 11.3 Å². The fraction of sp³-hybridized carbons (Fsp3) is 0.588. The molecular formula is C17H26N2O3S. The van der Waals surface area contributed by atoms with Gasteiger partial charge in [-0.1, -0.05) is 32.0 Å². The molecule has 1 heterocycles. The maximum Gasteiger partial charge on any atom is 0.225 e. The van der Waals surface area contributed by atoms with Crippen LogP contribution in [0.4, 0.5) is 5.69 Å². The number of benzene rings is 1. The topological polar surface area (TPSA) is 75.3 Å². The maximum absolute atomic E-state index is 12.2. The Hall–Kier alpha value is -1.40. The summed E-state index contributed by atoms with van der Waals surface area (Å²) in [5, 5.41) is 6.22. The molecule has 0 radical (unpaired) electrons. The minimum atomic E-state index is -2.90. The molecule has 2 atom stereocenters. The number of carbonyl (C=O) groups excluding carboxylic acids is 1. The molecule has 23 heavy (non-hydrogen) atoms. The molecule has 0 aromatic heterocycles. The Morgan fingerprint density at radius 3 is 2.57 bits per heavy atom. The second-order valence-corrected chi connectivity index (χ2v) is 8.89.